The fourth-order valence-corrected chi connectivity index (χ4v) is 5.72. The smallest absolute Gasteiger partial charge is 0.340 e. The van der Waals surface area contributed by atoms with E-state index in [9.17, 15) is 18.0 Å². The first kappa shape index (κ1) is 26.1. The Morgan fingerprint density at radius 3 is 2.09 bits per heavy atom. The summed E-state index contributed by atoms with van der Waals surface area (Å²) in [5.41, 5.74) is 0.816. The number of sulfonamides is 1. The third-order valence-electron chi connectivity index (χ3n) is 5.71. The number of benzene rings is 1. The molecule has 1 aromatic carbocycles. The maximum atomic E-state index is 13.0. The molecule has 0 N–H and O–H groups in total. The minimum Gasteiger partial charge on any atom is -0.452 e. The van der Waals surface area contributed by atoms with Gasteiger partial charge in [0.1, 0.15) is 0 Å². The SMILES string of the molecule is CCN(CC)S(=O)(=O)c1ccc(N2CCCC2)c(C(=O)OCC(=O)N(C(C)C)C(C)C)c1. The fraction of sp³-hybridized carbons (Fsp3) is 0.652. The molecule has 0 unspecified atom stereocenters. The minimum atomic E-state index is -3.73. The average molecular weight is 468 g/mol. The second kappa shape index (κ2) is 11.1. The Morgan fingerprint density at radius 2 is 1.59 bits per heavy atom. The summed E-state index contributed by atoms with van der Waals surface area (Å²) < 4.78 is 32.7. The summed E-state index contributed by atoms with van der Waals surface area (Å²) in [5, 5.41) is 0. The molecule has 0 spiro atoms. The number of carbonyl (C=O) groups is 2. The van der Waals surface area contributed by atoms with Gasteiger partial charge in [-0.25, -0.2) is 13.2 Å². The molecule has 1 aromatic rings. The predicted octanol–water partition coefficient (Wildman–Crippen LogP) is 3.12. The van der Waals surface area contributed by atoms with Crippen molar-refractivity contribution in [3.05, 3.63) is 23.8 Å². The number of esters is 1. The van der Waals surface area contributed by atoms with Crippen LogP contribution in [0.3, 0.4) is 0 Å². The topological polar surface area (TPSA) is 87.2 Å². The Bertz CT molecular complexity index is 896. The van der Waals surface area contributed by atoms with Crippen LogP contribution in [0, 0.1) is 0 Å². The van der Waals surface area contributed by atoms with Gasteiger partial charge in [-0.2, -0.15) is 4.31 Å². The van der Waals surface area contributed by atoms with Gasteiger partial charge < -0.3 is 14.5 Å². The largest absolute Gasteiger partial charge is 0.452 e. The highest BCUT2D eigenvalue weighted by molar-refractivity contribution is 7.89. The summed E-state index contributed by atoms with van der Waals surface area (Å²) in [4.78, 5) is 29.4. The summed E-state index contributed by atoms with van der Waals surface area (Å²) in [6, 6.07) is 4.56. The van der Waals surface area contributed by atoms with Crippen molar-refractivity contribution in [3.8, 4) is 0 Å². The molecule has 1 amide bonds. The van der Waals surface area contributed by atoms with E-state index in [0.29, 0.717) is 18.8 Å². The number of carbonyl (C=O) groups excluding carboxylic acids is 2. The monoisotopic (exact) mass is 467 g/mol. The van der Waals surface area contributed by atoms with Crippen molar-refractivity contribution in [3.63, 3.8) is 0 Å². The zero-order valence-corrected chi connectivity index (χ0v) is 20.9. The van der Waals surface area contributed by atoms with Crippen LogP contribution in [0.15, 0.2) is 23.1 Å². The van der Waals surface area contributed by atoms with Crippen LogP contribution in [0.4, 0.5) is 5.69 Å². The van der Waals surface area contributed by atoms with Crippen molar-refractivity contribution in [1.82, 2.24) is 9.21 Å². The second-order valence-corrected chi connectivity index (χ2v) is 10.5. The van der Waals surface area contributed by atoms with Crippen LogP contribution in [0.2, 0.25) is 0 Å². The molecular weight excluding hydrogens is 430 g/mol. The van der Waals surface area contributed by atoms with Gasteiger partial charge >= 0.3 is 5.97 Å². The number of amides is 1. The first-order chi connectivity index (χ1) is 15.0. The molecule has 0 aromatic heterocycles. The van der Waals surface area contributed by atoms with Crippen molar-refractivity contribution >= 4 is 27.6 Å². The highest BCUT2D eigenvalue weighted by atomic mass is 32.2. The Morgan fingerprint density at radius 1 is 1.03 bits per heavy atom. The van der Waals surface area contributed by atoms with Gasteiger partial charge in [0.25, 0.3) is 5.91 Å². The Balaban J connectivity index is 2.36. The van der Waals surface area contributed by atoms with Crippen LogP contribution >= 0.6 is 0 Å². The lowest BCUT2D eigenvalue weighted by Gasteiger charge is -2.30. The lowest BCUT2D eigenvalue weighted by Crippen LogP contribution is -2.44. The molecule has 0 bridgehead atoms. The molecule has 1 fully saturated rings. The Labute approximate surface area is 192 Å². The third-order valence-corrected chi connectivity index (χ3v) is 7.75. The predicted molar refractivity (Wildman–Crippen MR) is 125 cm³/mol. The summed E-state index contributed by atoms with van der Waals surface area (Å²) in [7, 11) is -3.73. The molecule has 0 radical (unpaired) electrons. The third kappa shape index (κ3) is 5.81. The van der Waals surface area contributed by atoms with Gasteiger partial charge in [-0.1, -0.05) is 13.8 Å². The van der Waals surface area contributed by atoms with E-state index < -0.39 is 16.0 Å². The molecule has 1 saturated heterocycles. The van der Waals surface area contributed by atoms with Crippen LogP contribution in [-0.4, -0.2) is 74.4 Å². The van der Waals surface area contributed by atoms with Gasteiger partial charge in [0.05, 0.1) is 16.1 Å². The first-order valence-corrected chi connectivity index (χ1v) is 12.9. The molecular formula is C23H37N3O5S. The van der Waals surface area contributed by atoms with Crippen LogP contribution in [-0.2, 0) is 19.6 Å². The van der Waals surface area contributed by atoms with Crippen molar-refractivity contribution in [1.29, 1.82) is 0 Å². The van der Waals surface area contributed by atoms with Gasteiger partial charge in [0.15, 0.2) is 6.61 Å². The van der Waals surface area contributed by atoms with Crippen LogP contribution in [0.25, 0.3) is 0 Å². The van der Waals surface area contributed by atoms with E-state index in [-0.39, 0.29) is 35.1 Å². The lowest BCUT2D eigenvalue weighted by atomic mass is 10.1. The van der Waals surface area contributed by atoms with Crippen molar-refractivity contribution < 1.29 is 22.7 Å². The van der Waals surface area contributed by atoms with Gasteiger partial charge in [-0.05, 0) is 58.7 Å². The van der Waals surface area contributed by atoms with Gasteiger partial charge in [-0.3, -0.25) is 4.79 Å². The second-order valence-electron chi connectivity index (χ2n) is 8.53. The number of ether oxygens (including phenoxy) is 1. The number of hydrogen-bond acceptors (Lipinski definition) is 6. The number of nitrogens with zero attached hydrogens (tertiary/aromatic N) is 3. The van der Waals surface area contributed by atoms with Crippen molar-refractivity contribution in [2.24, 2.45) is 0 Å². The summed E-state index contributed by atoms with van der Waals surface area (Å²) >= 11 is 0. The maximum absolute atomic E-state index is 13.0. The molecule has 180 valence electrons. The van der Waals surface area contributed by atoms with E-state index in [4.69, 9.17) is 4.74 Å². The van der Waals surface area contributed by atoms with E-state index >= 15 is 0 Å². The molecule has 0 atom stereocenters. The van der Waals surface area contributed by atoms with Crippen LogP contribution in [0.1, 0.15) is 64.7 Å². The summed E-state index contributed by atoms with van der Waals surface area (Å²) in [5.74, 6) is -0.970. The standard InChI is InChI=1S/C23H37N3O5S/c1-7-25(8-2)32(29,30)19-11-12-21(24-13-9-10-14-24)20(15-19)23(28)31-16-22(27)26(17(3)4)18(5)6/h11-12,15,17-18H,7-10,13-14,16H2,1-6H3. The van der Waals surface area contributed by atoms with E-state index in [2.05, 4.69) is 4.90 Å². The van der Waals surface area contributed by atoms with Crippen LogP contribution < -0.4 is 4.90 Å². The fourth-order valence-electron chi connectivity index (χ4n) is 4.24. The molecule has 0 aliphatic carbocycles. The van der Waals surface area contributed by atoms with E-state index in [1.54, 1.807) is 30.9 Å². The first-order valence-electron chi connectivity index (χ1n) is 11.4. The number of anilines is 1. The zero-order valence-electron chi connectivity index (χ0n) is 20.1. The molecule has 0 saturated carbocycles. The van der Waals surface area contributed by atoms with Crippen molar-refractivity contribution in [2.75, 3.05) is 37.7 Å². The van der Waals surface area contributed by atoms with Crippen LogP contribution in [0.5, 0.6) is 0 Å². The van der Waals surface area contributed by atoms with E-state index in [1.165, 1.54) is 10.4 Å². The Kier molecular flexibility index (Phi) is 9.09. The highest BCUT2D eigenvalue weighted by Crippen LogP contribution is 2.29. The minimum absolute atomic E-state index is 0.0242. The number of rotatable bonds is 10. The molecule has 1 aliphatic rings. The molecule has 8 nitrogen and oxygen atoms in total. The number of hydrogen-bond donors (Lipinski definition) is 0. The lowest BCUT2D eigenvalue weighted by molar-refractivity contribution is -0.138. The molecule has 1 heterocycles. The molecule has 9 heteroatoms. The highest BCUT2D eigenvalue weighted by Gasteiger charge is 2.28. The summed E-state index contributed by atoms with van der Waals surface area (Å²) in [6.07, 6.45) is 2.01. The average Bonchev–Trinajstić information content (AvgIpc) is 3.26. The van der Waals surface area contributed by atoms with Crippen molar-refractivity contribution in [2.45, 2.75) is 71.4 Å². The van der Waals surface area contributed by atoms with Gasteiger partial charge in [0, 0.05) is 38.3 Å². The molecule has 32 heavy (non-hydrogen) atoms. The molecule has 2 rings (SSSR count). The van der Waals surface area contributed by atoms with E-state index in [0.717, 1.165) is 25.9 Å². The molecule has 1 aliphatic heterocycles. The normalized spacial score (nSPS) is 14.5. The zero-order chi connectivity index (χ0) is 24.1. The maximum Gasteiger partial charge on any atom is 0.340 e. The summed E-state index contributed by atoms with van der Waals surface area (Å²) in [6.45, 7) is 13.0. The quantitative estimate of drug-likeness (QED) is 0.492. The van der Waals surface area contributed by atoms with Gasteiger partial charge in [0.2, 0.25) is 10.0 Å². The Hall–Kier alpha value is -2.13. The van der Waals surface area contributed by atoms with E-state index in [1.807, 2.05) is 27.7 Å². The van der Waals surface area contributed by atoms with Gasteiger partial charge in [-0.15, -0.1) is 0 Å².